The number of carbonyl (C=O) groups is 4. The summed E-state index contributed by atoms with van der Waals surface area (Å²) < 4.78 is 28.2. The molecule has 260 valence electrons. The van der Waals surface area contributed by atoms with Crippen LogP contribution in [0.2, 0.25) is 0 Å². The van der Waals surface area contributed by atoms with Crippen LogP contribution in [-0.2, 0) is 42.0 Å². The van der Waals surface area contributed by atoms with Crippen molar-refractivity contribution in [2.24, 2.45) is 5.73 Å². The van der Waals surface area contributed by atoms with E-state index in [9.17, 15) is 32.7 Å². The lowest BCUT2D eigenvalue weighted by molar-refractivity contribution is -0.142. The number of rotatable bonds is 16. The zero-order valence-corrected chi connectivity index (χ0v) is 27.7. The zero-order chi connectivity index (χ0) is 35.4. The third-order valence-electron chi connectivity index (χ3n) is 7.90. The summed E-state index contributed by atoms with van der Waals surface area (Å²) in [6.07, 6.45) is 2.30. The molecule has 2 atom stereocenters. The molecule has 14 nitrogen and oxygen atoms in total. The van der Waals surface area contributed by atoms with Gasteiger partial charge in [-0.25, -0.2) is 13.2 Å². The molecule has 8 N–H and O–H groups in total. The molecule has 0 bridgehead atoms. The van der Waals surface area contributed by atoms with Crippen LogP contribution >= 0.6 is 0 Å². The molecule has 0 spiro atoms. The van der Waals surface area contributed by atoms with Crippen molar-refractivity contribution in [1.29, 1.82) is 5.41 Å². The van der Waals surface area contributed by atoms with E-state index in [0.29, 0.717) is 42.7 Å². The lowest BCUT2D eigenvalue weighted by Crippen LogP contribution is -2.51. The first-order valence-electron chi connectivity index (χ1n) is 15.9. The summed E-state index contributed by atoms with van der Waals surface area (Å²) in [4.78, 5) is 50.0. The molecular weight excluding hydrogens is 650 g/mol. The number of sulfonamides is 1. The van der Waals surface area contributed by atoms with E-state index < -0.39 is 34.0 Å². The van der Waals surface area contributed by atoms with E-state index in [-0.39, 0.29) is 54.9 Å². The molecule has 0 unspecified atom stereocenters. The summed E-state index contributed by atoms with van der Waals surface area (Å²) in [6, 6.07) is 19.0. The lowest BCUT2D eigenvalue weighted by atomic mass is 10.0. The van der Waals surface area contributed by atoms with Crippen molar-refractivity contribution in [3.8, 4) is 0 Å². The van der Waals surface area contributed by atoms with Crippen molar-refractivity contribution in [3.63, 3.8) is 0 Å². The van der Waals surface area contributed by atoms with Gasteiger partial charge in [-0.1, -0.05) is 42.5 Å². The van der Waals surface area contributed by atoms with Crippen LogP contribution in [0.1, 0.15) is 43.2 Å². The first kappa shape index (κ1) is 36.6. The molecule has 0 aliphatic carbocycles. The maximum atomic E-state index is 13.6. The summed E-state index contributed by atoms with van der Waals surface area (Å²) in [7, 11) is -4.11. The quantitative estimate of drug-likeness (QED) is 0.0665. The SMILES string of the molecule is N=C(N)NCCCCC(=O)Nc1ccc(C[C@H](NC(=O)[C@@H]2CCCN2S(=O)(=O)c2ccc(NC(=O)Cc3ccccc3)cc2)C(=O)O)cc1. The molecule has 0 aromatic heterocycles. The van der Waals surface area contributed by atoms with Crippen molar-refractivity contribution in [2.45, 2.75) is 61.9 Å². The maximum Gasteiger partial charge on any atom is 0.326 e. The fourth-order valence-corrected chi connectivity index (χ4v) is 7.06. The van der Waals surface area contributed by atoms with Crippen molar-refractivity contribution < 1.29 is 32.7 Å². The number of hydrogen-bond donors (Lipinski definition) is 7. The first-order chi connectivity index (χ1) is 23.4. The van der Waals surface area contributed by atoms with Crippen LogP contribution in [-0.4, -0.2) is 72.7 Å². The normalized spacial score (nSPS) is 15.1. The second-order valence-electron chi connectivity index (χ2n) is 11.7. The average Bonchev–Trinajstić information content (AvgIpc) is 3.57. The van der Waals surface area contributed by atoms with Crippen LogP contribution in [0.15, 0.2) is 83.8 Å². The Bertz CT molecular complexity index is 1730. The number of amides is 3. The molecule has 0 saturated carbocycles. The molecule has 1 heterocycles. The van der Waals surface area contributed by atoms with Gasteiger partial charge in [-0.05, 0) is 73.2 Å². The van der Waals surface area contributed by atoms with Crippen LogP contribution in [0.5, 0.6) is 0 Å². The van der Waals surface area contributed by atoms with Crippen LogP contribution < -0.4 is 27.0 Å². The molecule has 49 heavy (non-hydrogen) atoms. The summed E-state index contributed by atoms with van der Waals surface area (Å²) in [5, 5.41) is 27.7. The highest BCUT2D eigenvalue weighted by Gasteiger charge is 2.40. The fraction of sp³-hybridized carbons (Fsp3) is 0.324. The van der Waals surface area contributed by atoms with Gasteiger partial charge in [0.25, 0.3) is 0 Å². The Balaban J connectivity index is 1.31. The number of carboxylic acids is 1. The number of carbonyl (C=O) groups excluding carboxylic acids is 3. The number of guanidine groups is 1. The number of unbranched alkanes of at least 4 members (excludes halogenated alkanes) is 1. The van der Waals surface area contributed by atoms with Crippen LogP contribution in [0.4, 0.5) is 11.4 Å². The van der Waals surface area contributed by atoms with Crippen LogP contribution in [0.25, 0.3) is 0 Å². The van der Waals surface area contributed by atoms with Gasteiger partial charge >= 0.3 is 5.97 Å². The topological polar surface area (TPSA) is 224 Å². The minimum Gasteiger partial charge on any atom is -0.480 e. The van der Waals surface area contributed by atoms with Gasteiger partial charge in [-0.15, -0.1) is 0 Å². The number of benzene rings is 3. The molecule has 3 amide bonds. The van der Waals surface area contributed by atoms with Crippen molar-refractivity contribution in [2.75, 3.05) is 23.7 Å². The van der Waals surface area contributed by atoms with E-state index in [1.165, 1.54) is 24.3 Å². The standard InChI is InChI=1S/C34H41N7O7S/c35-34(36)37-19-5-4-10-30(42)38-25-13-11-24(12-14-25)21-28(33(45)46)40-32(44)29-9-6-20-41(29)49(47,48)27-17-15-26(16-18-27)39-31(43)22-23-7-2-1-3-8-23/h1-3,7-8,11-18,28-29H,4-6,9-10,19-22H2,(H,38,42)(H,39,43)(H,40,44)(H,45,46)(H4,35,36,37)/t28-,29-/m0/s1. The number of anilines is 2. The van der Waals surface area contributed by atoms with E-state index in [4.69, 9.17) is 11.1 Å². The minimum atomic E-state index is -4.11. The smallest absolute Gasteiger partial charge is 0.326 e. The lowest BCUT2D eigenvalue weighted by Gasteiger charge is -2.25. The molecule has 3 aromatic rings. The number of hydrogen-bond acceptors (Lipinski definition) is 7. The van der Waals surface area contributed by atoms with Gasteiger partial charge in [0.15, 0.2) is 5.96 Å². The number of nitrogens with zero attached hydrogens (tertiary/aromatic N) is 1. The average molecular weight is 692 g/mol. The maximum absolute atomic E-state index is 13.6. The molecule has 3 aromatic carbocycles. The monoisotopic (exact) mass is 691 g/mol. The van der Waals surface area contributed by atoms with Gasteiger partial charge < -0.3 is 32.1 Å². The predicted molar refractivity (Wildman–Crippen MR) is 184 cm³/mol. The van der Waals surface area contributed by atoms with E-state index in [1.54, 1.807) is 24.3 Å². The fourth-order valence-electron chi connectivity index (χ4n) is 5.41. The highest BCUT2D eigenvalue weighted by molar-refractivity contribution is 7.89. The number of carboxylic acid groups (broad SMARTS) is 1. The molecule has 15 heteroatoms. The number of nitrogens with one attached hydrogen (secondary N) is 5. The van der Waals surface area contributed by atoms with Crippen LogP contribution in [0, 0.1) is 5.41 Å². The zero-order valence-electron chi connectivity index (χ0n) is 26.9. The van der Waals surface area contributed by atoms with E-state index in [1.807, 2.05) is 30.3 Å². The Morgan fingerprint density at radius 1 is 0.878 bits per heavy atom. The highest BCUT2D eigenvalue weighted by Crippen LogP contribution is 2.27. The molecule has 4 rings (SSSR count). The Morgan fingerprint density at radius 2 is 1.51 bits per heavy atom. The van der Waals surface area contributed by atoms with E-state index >= 15 is 0 Å². The van der Waals surface area contributed by atoms with Gasteiger partial charge in [0.2, 0.25) is 27.7 Å². The number of nitrogens with two attached hydrogens (primary N) is 1. The van der Waals surface area contributed by atoms with Gasteiger partial charge in [0.05, 0.1) is 11.3 Å². The molecule has 1 aliphatic heterocycles. The molecule has 1 aliphatic rings. The van der Waals surface area contributed by atoms with Crippen molar-refractivity contribution in [3.05, 3.63) is 90.0 Å². The Kier molecular flexibility index (Phi) is 12.8. The summed E-state index contributed by atoms with van der Waals surface area (Å²) in [6.45, 7) is 0.593. The van der Waals surface area contributed by atoms with Crippen molar-refractivity contribution in [1.82, 2.24) is 14.9 Å². The van der Waals surface area contributed by atoms with Gasteiger partial charge in [0.1, 0.15) is 12.1 Å². The Labute approximate surface area is 285 Å². The van der Waals surface area contributed by atoms with E-state index in [0.717, 1.165) is 9.87 Å². The third kappa shape index (κ3) is 10.9. The minimum absolute atomic E-state index is 0.0554. The summed E-state index contributed by atoms with van der Waals surface area (Å²) in [5.41, 5.74) is 7.60. The van der Waals surface area contributed by atoms with Gasteiger partial charge in [-0.2, -0.15) is 4.31 Å². The second kappa shape index (κ2) is 17.2. The van der Waals surface area contributed by atoms with Gasteiger partial charge in [-0.3, -0.25) is 19.8 Å². The summed E-state index contributed by atoms with van der Waals surface area (Å²) in [5.74, 6) is -2.55. The molecule has 1 fully saturated rings. The molecule has 1 saturated heterocycles. The highest BCUT2D eigenvalue weighted by atomic mass is 32.2. The van der Waals surface area contributed by atoms with Crippen LogP contribution in [0.3, 0.4) is 0 Å². The summed E-state index contributed by atoms with van der Waals surface area (Å²) >= 11 is 0. The third-order valence-corrected chi connectivity index (χ3v) is 9.82. The second-order valence-corrected chi connectivity index (χ2v) is 13.5. The number of aliphatic carboxylic acids is 1. The Hall–Kier alpha value is -5.28. The Morgan fingerprint density at radius 3 is 2.14 bits per heavy atom. The first-order valence-corrected chi connectivity index (χ1v) is 17.3. The molecular formula is C34H41N7O7S. The predicted octanol–water partition coefficient (Wildman–Crippen LogP) is 2.42. The van der Waals surface area contributed by atoms with Crippen molar-refractivity contribution >= 4 is 51.0 Å². The largest absolute Gasteiger partial charge is 0.480 e. The molecule has 0 radical (unpaired) electrons. The van der Waals surface area contributed by atoms with Gasteiger partial charge in [0, 0.05) is 37.3 Å². The van der Waals surface area contributed by atoms with E-state index in [2.05, 4.69) is 21.3 Å².